The Morgan fingerprint density at radius 1 is 0.985 bits per heavy atom. The number of nitrogens with zero attached hydrogens (tertiary/aromatic N) is 5. The molecule has 350 valence electrons. The van der Waals surface area contributed by atoms with Gasteiger partial charge in [-0.25, -0.2) is 9.97 Å². The summed E-state index contributed by atoms with van der Waals surface area (Å²) in [6, 6.07) is 10.6. The van der Waals surface area contributed by atoms with Crippen LogP contribution in [-0.4, -0.2) is 109 Å². The molecule has 16 nitrogen and oxygen atoms in total. The first-order valence-corrected chi connectivity index (χ1v) is 22.2. The van der Waals surface area contributed by atoms with Crippen LogP contribution in [0.2, 0.25) is 0 Å². The third-order valence-electron chi connectivity index (χ3n) is 13.2. The Hall–Kier alpha value is -6.50. The number of methoxy groups -OCH3 is 1. The fourth-order valence-corrected chi connectivity index (χ4v) is 9.33. The van der Waals surface area contributed by atoms with Crippen molar-refractivity contribution in [3.8, 4) is 11.5 Å². The van der Waals surface area contributed by atoms with E-state index in [1.54, 1.807) is 45.2 Å². The van der Waals surface area contributed by atoms with Gasteiger partial charge in [-0.15, -0.1) is 0 Å². The SMILES string of the molecule is CNC(=O)C(CCCN1CCN(c2ccc3c(c2)C(=O)N(C2CCC(=O)NC2=O)C3=O)CC1)CC1(COc2cc3c(NC(C)c4cc(N)cc(C(F)(F)F)c4)nc(C)nc3cc2OC)CC1. The van der Waals surface area contributed by atoms with E-state index < -0.39 is 47.5 Å². The molecular weight excluding hydrogens is 860 g/mol. The standard InChI is InChI=1S/C47H54F3N9O7/c1-26(29-18-30(47(48,49)50)20-31(51)19-29)53-41-35-22-39(38(65-4)23-36(35)54-27(2)55-41)66-25-46(11-12-46)24-28(42(61)52-3)6-5-13-57-14-16-58(17-15-57)32-7-8-33-34(21-32)45(64)59(44(33)63)37-9-10-40(60)56-43(37)62/h7-8,18-23,26,28,37H,5-6,9-17,24-25,51H2,1-4H3,(H,52,61)(H,53,54,55)(H,56,60,62). The average molecular weight is 914 g/mol. The maximum Gasteiger partial charge on any atom is 0.416 e. The lowest BCUT2D eigenvalue weighted by molar-refractivity contribution is -0.138. The van der Waals surface area contributed by atoms with Crippen molar-refractivity contribution in [3.05, 3.63) is 76.6 Å². The summed E-state index contributed by atoms with van der Waals surface area (Å²) in [7, 11) is 3.19. The summed E-state index contributed by atoms with van der Waals surface area (Å²) in [4.78, 5) is 78.7. The Balaban J connectivity index is 0.864. The van der Waals surface area contributed by atoms with Gasteiger partial charge in [0.05, 0.1) is 42.0 Å². The number of carbonyl (C=O) groups excluding carboxylic acids is 5. The van der Waals surface area contributed by atoms with Crippen molar-refractivity contribution in [2.24, 2.45) is 11.3 Å². The third kappa shape index (κ3) is 9.71. The smallest absolute Gasteiger partial charge is 0.416 e. The largest absolute Gasteiger partial charge is 0.493 e. The second-order valence-corrected chi connectivity index (χ2v) is 17.8. The summed E-state index contributed by atoms with van der Waals surface area (Å²) in [6.45, 7) is 7.53. The van der Waals surface area contributed by atoms with Gasteiger partial charge in [0.25, 0.3) is 11.8 Å². The molecule has 4 aromatic rings. The first-order chi connectivity index (χ1) is 31.4. The summed E-state index contributed by atoms with van der Waals surface area (Å²) < 4.78 is 53.0. The highest BCUT2D eigenvalue weighted by atomic mass is 19.4. The molecule has 4 heterocycles. The lowest BCUT2D eigenvalue weighted by Crippen LogP contribution is -2.54. The highest BCUT2D eigenvalue weighted by Gasteiger charge is 2.47. The quantitative estimate of drug-likeness (QED) is 0.0797. The highest BCUT2D eigenvalue weighted by Crippen LogP contribution is 2.52. The Morgan fingerprint density at radius 2 is 1.73 bits per heavy atom. The molecule has 1 saturated carbocycles. The number of hydrogen-bond donors (Lipinski definition) is 4. The number of nitrogens with one attached hydrogen (secondary N) is 3. The first kappa shape index (κ1) is 46.0. The molecule has 0 radical (unpaired) electrons. The molecule has 5 amide bonds. The molecule has 0 spiro atoms. The fourth-order valence-electron chi connectivity index (χ4n) is 9.33. The van der Waals surface area contributed by atoms with Gasteiger partial charge in [0, 0.05) is 73.8 Å². The van der Waals surface area contributed by atoms with Gasteiger partial charge in [0.1, 0.15) is 17.7 Å². The molecule has 19 heteroatoms. The Kier molecular flexibility index (Phi) is 12.8. The summed E-state index contributed by atoms with van der Waals surface area (Å²) in [5.74, 6) is -0.606. The second kappa shape index (κ2) is 18.4. The first-order valence-electron chi connectivity index (χ1n) is 22.2. The van der Waals surface area contributed by atoms with Gasteiger partial charge >= 0.3 is 6.18 Å². The molecule has 2 saturated heterocycles. The van der Waals surface area contributed by atoms with Crippen molar-refractivity contribution in [1.82, 2.24) is 30.4 Å². The van der Waals surface area contributed by atoms with E-state index in [1.165, 1.54) is 13.2 Å². The van der Waals surface area contributed by atoms with Crippen LogP contribution >= 0.6 is 0 Å². The molecule has 5 N–H and O–H groups in total. The minimum atomic E-state index is -4.56. The number of nitrogen functional groups attached to an aromatic ring is 1. The number of amides is 5. The van der Waals surface area contributed by atoms with E-state index in [4.69, 9.17) is 15.2 Å². The Morgan fingerprint density at radius 3 is 2.41 bits per heavy atom. The maximum absolute atomic E-state index is 13.6. The van der Waals surface area contributed by atoms with Crippen molar-refractivity contribution in [3.63, 3.8) is 0 Å². The monoisotopic (exact) mass is 913 g/mol. The number of nitrogens with two attached hydrogens (primary N) is 1. The average Bonchev–Trinajstić information content (AvgIpc) is 4.01. The van der Waals surface area contributed by atoms with Crippen LogP contribution in [0.5, 0.6) is 11.5 Å². The van der Waals surface area contributed by atoms with Crippen LogP contribution in [0.25, 0.3) is 10.9 Å². The summed E-state index contributed by atoms with van der Waals surface area (Å²) >= 11 is 0. The number of alkyl halides is 3. The van der Waals surface area contributed by atoms with Crippen LogP contribution in [0.1, 0.15) is 95.6 Å². The van der Waals surface area contributed by atoms with Crippen LogP contribution in [0, 0.1) is 18.3 Å². The maximum atomic E-state index is 13.6. The fraction of sp³-hybridized carbons (Fsp3) is 0.468. The molecule has 66 heavy (non-hydrogen) atoms. The zero-order chi connectivity index (χ0) is 47.1. The number of rotatable bonds is 16. The molecule has 8 rings (SSSR count). The van der Waals surface area contributed by atoms with E-state index in [9.17, 15) is 37.1 Å². The van der Waals surface area contributed by atoms with Gasteiger partial charge in [-0.2, -0.15) is 13.2 Å². The summed E-state index contributed by atoms with van der Waals surface area (Å²) in [5.41, 5.74) is 7.02. The number of piperazine rings is 1. The van der Waals surface area contributed by atoms with Crippen molar-refractivity contribution in [2.45, 2.75) is 77.1 Å². The van der Waals surface area contributed by atoms with E-state index in [0.29, 0.717) is 72.1 Å². The molecule has 0 bridgehead atoms. The van der Waals surface area contributed by atoms with E-state index in [0.717, 1.165) is 61.6 Å². The lowest BCUT2D eigenvalue weighted by atomic mass is 9.88. The van der Waals surface area contributed by atoms with Crippen LogP contribution in [-0.2, 0) is 20.6 Å². The molecule has 3 atom stereocenters. The number of fused-ring (bicyclic) bond motifs is 2. The number of aryl methyl sites for hydroxylation is 1. The van der Waals surface area contributed by atoms with E-state index in [-0.39, 0.29) is 46.9 Å². The Labute approximate surface area is 379 Å². The van der Waals surface area contributed by atoms with Crippen molar-refractivity contribution in [1.29, 1.82) is 0 Å². The minimum absolute atomic E-state index is 0.000792. The van der Waals surface area contributed by atoms with E-state index in [1.807, 2.05) is 6.07 Å². The molecule has 3 fully saturated rings. The number of halogens is 3. The van der Waals surface area contributed by atoms with Crippen LogP contribution < -0.4 is 36.1 Å². The van der Waals surface area contributed by atoms with Crippen molar-refractivity contribution >= 4 is 57.6 Å². The van der Waals surface area contributed by atoms with Gasteiger partial charge in [-0.1, -0.05) is 0 Å². The molecule has 3 aliphatic heterocycles. The number of anilines is 3. The van der Waals surface area contributed by atoms with Gasteiger partial charge in [-0.05, 0) is 107 Å². The minimum Gasteiger partial charge on any atom is -0.493 e. The summed E-state index contributed by atoms with van der Waals surface area (Å²) in [5, 5.41) is 8.93. The van der Waals surface area contributed by atoms with Crippen molar-refractivity contribution in [2.75, 3.05) is 69.4 Å². The van der Waals surface area contributed by atoms with Gasteiger partial charge < -0.3 is 30.7 Å². The molecule has 3 unspecified atom stereocenters. The van der Waals surface area contributed by atoms with Crippen LogP contribution in [0.15, 0.2) is 48.5 Å². The molecule has 1 aliphatic carbocycles. The molecule has 3 aromatic carbocycles. The normalized spacial score (nSPS) is 19.3. The predicted octanol–water partition coefficient (Wildman–Crippen LogP) is 5.64. The number of piperidine rings is 1. The number of imide groups is 2. The van der Waals surface area contributed by atoms with Crippen molar-refractivity contribution < 1.29 is 46.6 Å². The zero-order valence-electron chi connectivity index (χ0n) is 37.3. The van der Waals surface area contributed by atoms with E-state index in [2.05, 4.69) is 35.7 Å². The number of hydrogen-bond acceptors (Lipinski definition) is 13. The predicted molar refractivity (Wildman–Crippen MR) is 239 cm³/mol. The molecular formula is C47H54F3N9O7. The van der Waals surface area contributed by atoms with Crippen LogP contribution in [0.4, 0.5) is 30.4 Å². The zero-order valence-corrected chi connectivity index (χ0v) is 37.3. The molecule has 1 aromatic heterocycles. The van der Waals surface area contributed by atoms with Gasteiger partial charge in [-0.3, -0.25) is 39.1 Å². The van der Waals surface area contributed by atoms with Crippen LogP contribution in [0.3, 0.4) is 0 Å². The topological polar surface area (TPSA) is 201 Å². The number of carbonyl (C=O) groups is 5. The second-order valence-electron chi connectivity index (χ2n) is 17.8. The number of aromatic nitrogens is 2. The van der Waals surface area contributed by atoms with E-state index >= 15 is 0 Å². The highest BCUT2D eigenvalue weighted by molar-refractivity contribution is 6.23. The van der Waals surface area contributed by atoms with Gasteiger partial charge in [0.15, 0.2) is 11.5 Å². The lowest BCUT2D eigenvalue weighted by Gasteiger charge is -2.36. The molecule has 4 aliphatic rings. The number of benzene rings is 3. The third-order valence-corrected chi connectivity index (χ3v) is 13.2. The number of ether oxygens (including phenoxy) is 2. The van der Waals surface area contributed by atoms with Gasteiger partial charge in [0.2, 0.25) is 17.7 Å². The Bertz CT molecular complexity index is 2580. The summed E-state index contributed by atoms with van der Waals surface area (Å²) in [6.07, 6.45) is -0.482.